The Bertz CT molecular complexity index is 830. The van der Waals surface area contributed by atoms with Gasteiger partial charge in [0.05, 0.1) is 21.5 Å². The minimum absolute atomic E-state index is 0.229. The lowest BCUT2D eigenvalue weighted by atomic mass is 10.2. The van der Waals surface area contributed by atoms with E-state index < -0.39 is 18.9 Å². The Hall–Kier alpha value is -2.45. The van der Waals surface area contributed by atoms with Crippen LogP contribution in [0.5, 0.6) is 0 Å². The van der Waals surface area contributed by atoms with E-state index in [1.807, 2.05) is 36.4 Å². The molecule has 0 aliphatic rings. The number of carboxylic acids is 1. The molecule has 3 aromatic carbocycles. The molecule has 0 saturated carbocycles. The second-order valence-corrected chi connectivity index (χ2v) is 7.20. The van der Waals surface area contributed by atoms with Crippen molar-refractivity contribution in [3.63, 3.8) is 0 Å². The maximum absolute atomic E-state index is 14.3. The Labute approximate surface area is 141 Å². The van der Waals surface area contributed by atoms with E-state index in [2.05, 4.69) is 24.3 Å². The first kappa shape index (κ1) is 16.4. The van der Waals surface area contributed by atoms with E-state index in [1.165, 1.54) is 22.7 Å². The van der Waals surface area contributed by atoms with Crippen LogP contribution in [0.1, 0.15) is 10.4 Å². The van der Waals surface area contributed by atoms with Crippen molar-refractivity contribution in [1.29, 1.82) is 0 Å². The van der Waals surface area contributed by atoms with Crippen LogP contribution in [0.25, 0.3) is 0 Å². The van der Waals surface area contributed by atoms with Crippen molar-refractivity contribution >= 4 is 36.6 Å². The van der Waals surface area contributed by atoms with Crippen LogP contribution in [0.2, 0.25) is 0 Å². The van der Waals surface area contributed by atoms with Gasteiger partial charge in [-0.05, 0) is 36.4 Å². The van der Waals surface area contributed by atoms with Crippen molar-refractivity contribution in [2.24, 2.45) is 0 Å². The first-order valence-corrected chi connectivity index (χ1v) is 8.44. The molecule has 0 aromatic heterocycles. The largest absolute Gasteiger partial charge is 0.478 e. The number of carbonyl (C=O) groups is 1. The van der Waals surface area contributed by atoms with Gasteiger partial charge in [0.15, 0.2) is 0 Å². The van der Waals surface area contributed by atoms with Crippen molar-refractivity contribution in [2.75, 3.05) is 0 Å². The van der Waals surface area contributed by atoms with Crippen molar-refractivity contribution in [3.05, 3.63) is 90.2 Å². The van der Waals surface area contributed by atoms with Crippen LogP contribution in [0, 0.1) is 5.82 Å². The summed E-state index contributed by atoms with van der Waals surface area (Å²) in [5.74, 6) is -1.89. The molecule has 0 aliphatic heterocycles. The lowest BCUT2D eigenvalue weighted by Crippen LogP contribution is -2.31. The summed E-state index contributed by atoms with van der Waals surface area (Å²) >= 11 is 0. The SMILES string of the molecule is [BH3-][P+](c1ccccc1)(c1ccccc1)c1ccc(C(=O)O)c(F)c1. The van der Waals surface area contributed by atoms with E-state index in [0.29, 0.717) is 0 Å². The van der Waals surface area contributed by atoms with Gasteiger partial charge in [-0.15, -0.1) is 0 Å². The Morgan fingerprint density at radius 3 is 1.75 bits per heavy atom. The van der Waals surface area contributed by atoms with Gasteiger partial charge in [-0.25, -0.2) is 9.18 Å². The zero-order chi connectivity index (χ0) is 17.2. The Balaban J connectivity index is 2.23. The van der Waals surface area contributed by atoms with Gasteiger partial charge in [-0.1, -0.05) is 43.5 Å². The highest BCUT2D eigenvalue weighted by Crippen LogP contribution is 2.50. The van der Waals surface area contributed by atoms with Crippen LogP contribution in [0.15, 0.2) is 78.9 Å². The summed E-state index contributed by atoms with van der Waals surface area (Å²) in [6.07, 6.45) is 0. The quantitative estimate of drug-likeness (QED) is 0.584. The number of hydrogen-bond acceptors (Lipinski definition) is 1. The van der Waals surface area contributed by atoms with E-state index in [0.717, 1.165) is 5.30 Å². The number of halogens is 1. The maximum Gasteiger partial charge on any atom is 0.338 e. The van der Waals surface area contributed by atoms with E-state index in [9.17, 15) is 9.18 Å². The van der Waals surface area contributed by atoms with Crippen molar-refractivity contribution in [2.45, 2.75) is 0 Å². The van der Waals surface area contributed by atoms with E-state index in [1.54, 1.807) is 6.07 Å². The smallest absolute Gasteiger partial charge is 0.338 e. The standard InChI is InChI=1S/C19H17BFO2P/c20-24(14-7-3-1-4-8-14,15-9-5-2-6-10-15)16-11-12-17(19(22)23)18(21)13-16/h1-13H,20H3,(H,22,23). The summed E-state index contributed by atoms with van der Waals surface area (Å²) in [4.78, 5) is 11.1. The number of aromatic carboxylic acids is 1. The van der Waals surface area contributed by atoms with Gasteiger partial charge < -0.3 is 5.11 Å². The fourth-order valence-corrected chi connectivity index (χ4v) is 4.72. The molecule has 2 nitrogen and oxygen atoms in total. The second kappa shape index (κ2) is 6.58. The van der Waals surface area contributed by atoms with E-state index in [-0.39, 0.29) is 13.1 Å². The molecule has 0 spiro atoms. The third-order valence-electron chi connectivity index (χ3n) is 3.47. The van der Waals surface area contributed by atoms with Crippen LogP contribution in [0.4, 0.5) is 4.39 Å². The molecule has 120 valence electrons. The third kappa shape index (κ3) is 2.86. The van der Waals surface area contributed by atoms with Gasteiger partial charge in [0.2, 0.25) is 0 Å². The highest BCUT2D eigenvalue weighted by molar-refractivity contribution is 8.13. The summed E-state index contributed by atoms with van der Waals surface area (Å²) < 4.78 is 14.3. The van der Waals surface area contributed by atoms with Crippen LogP contribution >= 0.6 is 7.14 Å². The molecule has 3 aromatic rings. The molecule has 0 saturated heterocycles. The van der Waals surface area contributed by atoms with Crippen LogP contribution in [-0.2, 0) is 0 Å². The molecule has 0 unspecified atom stereocenters. The van der Waals surface area contributed by atoms with Gasteiger partial charge in [0, 0.05) is 6.07 Å². The highest BCUT2D eigenvalue weighted by atomic mass is 31.2. The summed E-state index contributed by atoms with van der Waals surface area (Å²) in [7, 11) is -2.02. The number of carboxylic acid groups (broad SMARTS) is 1. The predicted octanol–water partition coefficient (Wildman–Crippen LogP) is 2.10. The molecular formula is C19H17BFO2P. The fraction of sp³-hybridized carbons (Fsp3) is 0. The molecule has 24 heavy (non-hydrogen) atoms. The monoisotopic (exact) mass is 338 g/mol. The van der Waals surface area contributed by atoms with Crippen LogP contribution in [-0.4, -0.2) is 18.6 Å². The minimum Gasteiger partial charge on any atom is -0.478 e. The molecule has 0 heterocycles. The van der Waals surface area contributed by atoms with E-state index >= 15 is 0 Å². The number of rotatable bonds is 4. The molecule has 0 aliphatic carbocycles. The summed E-state index contributed by atoms with van der Waals surface area (Å²) in [5.41, 5.74) is -0.272. The third-order valence-corrected chi connectivity index (χ3v) is 5.89. The summed E-state index contributed by atoms with van der Waals surface area (Å²) in [5, 5.41) is 12.5. The first-order chi connectivity index (χ1) is 11.5. The summed E-state index contributed by atoms with van der Waals surface area (Å²) in [6, 6.07) is 25.1. The van der Waals surface area contributed by atoms with Crippen molar-refractivity contribution in [3.8, 4) is 0 Å². The Kier molecular flexibility index (Phi) is 4.50. The Morgan fingerprint density at radius 2 is 1.33 bits per heavy atom. The average molecular weight is 338 g/mol. The molecule has 0 fully saturated rings. The predicted molar refractivity (Wildman–Crippen MR) is 102 cm³/mol. The number of benzene rings is 3. The molecule has 0 bridgehead atoms. The average Bonchev–Trinajstić information content (AvgIpc) is 2.62. The minimum atomic E-state index is -1.79. The number of hydrogen-bond donors (Lipinski definition) is 1. The molecule has 3 rings (SSSR count). The topological polar surface area (TPSA) is 37.3 Å². The molecule has 0 amide bonds. The summed E-state index contributed by atoms with van der Waals surface area (Å²) in [6.45, 7) is 0. The Morgan fingerprint density at radius 1 is 0.833 bits per heavy atom. The first-order valence-electron chi connectivity index (χ1n) is 7.10. The van der Waals surface area contributed by atoms with Crippen LogP contribution < -0.4 is 15.9 Å². The zero-order valence-corrected chi connectivity index (χ0v) is 13.1. The van der Waals surface area contributed by atoms with Gasteiger partial charge in [0.25, 0.3) is 0 Å². The lowest BCUT2D eigenvalue weighted by molar-refractivity contribution is 0.0692. The maximum atomic E-state index is 14.3. The second-order valence-electron chi connectivity index (χ2n) is 4.98. The van der Waals surface area contributed by atoms with Gasteiger partial charge in [-0.2, -0.15) is 0 Å². The van der Waals surface area contributed by atoms with Gasteiger partial charge >= 0.3 is 5.97 Å². The molecule has 0 radical (unpaired) electrons. The van der Waals surface area contributed by atoms with Gasteiger partial charge in [-0.3, -0.25) is 0 Å². The normalized spacial score (nSPS) is 11.2. The molecule has 0 atom stereocenters. The molecular weight excluding hydrogens is 321 g/mol. The lowest BCUT2D eigenvalue weighted by Gasteiger charge is -2.30. The van der Waals surface area contributed by atoms with E-state index in [4.69, 9.17) is 5.11 Å². The zero-order valence-electron chi connectivity index (χ0n) is 12.2. The highest BCUT2D eigenvalue weighted by Gasteiger charge is 2.33. The van der Waals surface area contributed by atoms with Crippen molar-refractivity contribution < 1.29 is 14.3 Å². The van der Waals surface area contributed by atoms with Crippen molar-refractivity contribution in [1.82, 2.24) is 0 Å². The molecule has 5 heteroatoms. The fourth-order valence-electron chi connectivity index (χ4n) is 2.42. The molecule has 1 N–H and O–H groups in total. The van der Waals surface area contributed by atoms with Gasteiger partial charge in [0.1, 0.15) is 13.4 Å². The van der Waals surface area contributed by atoms with Crippen LogP contribution in [0.3, 0.4) is 0 Å².